The molecule has 1 aromatic heterocycles. The Balaban J connectivity index is 1.74. The molecule has 0 aliphatic carbocycles. The Morgan fingerprint density at radius 2 is 1.71 bits per heavy atom. The van der Waals surface area contributed by atoms with Gasteiger partial charge < -0.3 is 29.3 Å². The van der Waals surface area contributed by atoms with Gasteiger partial charge in [0.1, 0.15) is 17.2 Å². The molecule has 0 bridgehead atoms. The zero-order chi connectivity index (χ0) is 24.3. The molecule has 0 unspecified atom stereocenters. The topological polar surface area (TPSA) is 99.0 Å². The molecular formula is C26H28N2O6. The number of amides is 2. The number of nitrogens with one attached hydrogen (secondary N) is 2. The third kappa shape index (κ3) is 6.65. The molecule has 0 fully saturated rings. The normalized spacial score (nSPS) is 11.0. The summed E-state index contributed by atoms with van der Waals surface area (Å²) in [6.07, 6.45) is 2.96. The highest BCUT2D eigenvalue weighted by molar-refractivity contribution is 6.05. The summed E-state index contributed by atoms with van der Waals surface area (Å²) in [7, 11) is 1.55. The van der Waals surface area contributed by atoms with Crippen LogP contribution in [0.5, 0.6) is 17.2 Å². The smallest absolute Gasteiger partial charge is 0.268 e. The summed E-state index contributed by atoms with van der Waals surface area (Å²) in [6.45, 7) is 5.02. The Morgan fingerprint density at radius 1 is 0.971 bits per heavy atom. The number of methoxy groups -OCH3 is 1. The van der Waals surface area contributed by atoms with Gasteiger partial charge in [0.2, 0.25) is 0 Å². The number of rotatable bonds is 11. The summed E-state index contributed by atoms with van der Waals surface area (Å²) in [4.78, 5) is 25.7. The van der Waals surface area contributed by atoms with Gasteiger partial charge in [0.15, 0.2) is 11.5 Å². The van der Waals surface area contributed by atoms with Crippen molar-refractivity contribution in [1.29, 1.82) is 0 Å². The van der Waals surface area contributed by atoms with Gasteiger partial charge in [-0.2, -0.15) is 0 Å². The molecule has 0 radical (unpaired) electrons. The monoisotopic (exact) mass is 464 g/mol. The van der Waals surface area contributed by atoms with Gasteiger partial charge in [0, 0.05) is 18.2 Å². The average Bonchev–Trinajstić information content (AvgIpc) is 3.37. The van der Waals surface area contributed by atoms with Crippen LogP contribution in [0.2, 0.25) is 0 Å². The van der Waals surface area contributed by atoms with Crippen molar-refractivity contribution in [2.75, 3.05) is 20.3 Å². The summed E-state index contributed by atoms with van der Waals surface area (Å²) in [5, 5.41) is 5.49. The second kappa shape index (κ2) is 12.2. The third-order valence-electron chi connectivity index (χ3n) is 4.74. The first-order valence-corrected chi connectivity index (χ1v) is 10.9. The fourth-order valence-electron chi connectivity index (χ4n) is 3.09. The van der Waals surface area contributed by atoms with Crippen molar-refractivity contribution in [3.05, 3.63) is 83.4 Å². The van der Waals surface area contributed by atoms with Crippen LogP contribution in [0, 0.1) is 0 Å². The lowest BCUT2D eigenvalue weighted by atomic mass is 10.2. The molecule has 2 amide bonds. The van der Waals surface area contributed by atoms with Crippen molar-refractivity contribution >= 4 is 17.9 Å². The lowest BCUT2D eigenvalue weighted by Gasteiger charge is -2.14. The van der Waals surface area contributed by atoms with Crippen LogP contribution >= 0.6 is 0 Å². The van der Waals surface area contributed by atoms with Crippen LogP contribution in [-0.2, 0) is 11.3 Å². The van der Waals surface area contributed by atoms with Gasteiger partial charge in [-0.15, -0.1) is 0 Å². The van der Waals surface area contributed by atoms with Crippen molar-refractivity contribution in [3.8, 4) is 17.2 Å². The Bertz CT molecular complexity index is 1120. The van der Waals surface area contributed by atoms with Crippen LogP contribution in [0.1, 0.15) is 35.5 Å². The van der Waals surface area contributed by atoms with E-state index in [0.717, 1.165) is 5.56 Å². The molecule has 0 aliphatic rings. The van der Waals surface area contributed by atoms with Crippen molar-refractivity contribution in [2.24, 2.45) is 0 Å². The second-order valence-electron chi connectivity index (χ2n) is 7.09. The van der Waals surface area contributed by atoms with Gasteiger partial charge in [-0.3, -0.25) is 9.59 Å². The zero-order valence-corrected chi connectivity index (χ0v) is 19.4. The standard InChI is InChI=1S/C26H28N2O6/c1-4-32-23-13-8-18(15-24(23)33-5-2)17-27-26(30)22(16-21-7-6-14-34-21)28-25(29)19-9-11-20(31-3)12-10-19/h6-16H,4-5,17H2,1-3H3,(H,27,30)(H,28,29)/b22-16-. The number of hydrogen-bond acceptors (Lipinski definition) is 6. The van der Waals surface area contributed by atoms with Gasteiger partial charge in [-0.25, -0.2) is 0 Å². The van der Waals surface area contributed by atoms with Crippen molar-refractivity contribution in [1.82, 2.24) is 10.6 Å². The molecule has 0 aliphatic heterocycles. The van der Waals surface area contributed by atoms with Crippen LogP contribution in [0.4, 0.5) is 0 Å². The fraction of sp³-hybridized carbons (Fsp3) is 0.231. The quantitative estimate of drug-likeness (QED) is 0.413. The van der Waals surface area contributed by atoms with E-state index in [-0.39, 0.29) is 12.2 Å². The zero-order valence-electron chi connectivity index (χ0n) is 19.4. The molecule has 0 saturated heterocycles. The van der Waals surface area contributed by atoms with E-state index in [1.54, 1.807) is 49.6 Å². The lowest BCUT2D eigenvalue weighted by molar-refractivity contribution is -0.117. The van der Waals surface area contributed by atoms with E-state index < -0.39 is 11.8 Å². The number of carbonyl (C=O) groups is 2. The van der Waals surface area contributed by atoms with E-state index in [1.165, 1.54) is 12.3 Å². The molecular weight excluding hydrogens is 436 g/mol. The molecule has 0 atom stereocenters. The number of carbonyl (C=O) groups excluding carboxylic acids is 2. The largest absolute Gasteiger partial charge is 0.497 e. The Hall–Kier alpha value is -4.20. The molecule has 2 aromatic carbocycles. The second-order valence-corrected chi connectivity index (χ2v) is 7.09. The van der Waals surface area contributed by atoms with Crippen LogP contribution in [0.3, 0.4) is 0 Å². The van der Waals surface area contributed by atoms with Gasteiger partial charge >= 0.3 is 0 Å². The van der Waals surface area contributed by atoms with Gasteiger partial charge in [-0.05, 0) is 67.9 Å². The molecule has 1 heterocycles. The molecule has 2 N–H and O–H groups in total. The predicted octanol–water partition coefficient (Wildman–Crippen LogP) is 4.17. The molecule has 3 aromatic rings. The van der Waals surface area contributed by atoms with E-state index in [0.29, 0.717) is 41.8 Å². The molecule has 0 saturated carbocycles. The van der Waals surface area contributed by atoms with Crippen LogP contribution < -0.4 is 24.8 Å². The maximum Gasteiger partial charge on any atom is 0.268 e. The van der Waals surface area contributed by atoms with Crippen LogP contribution in [-0.4, -0.2) is 32.1 Å². The van der Waals surface area contributed by atoms with E-state index >= 15 is 0 Å². The fourth-order valence-corrected chi connectivity index (χ4v) is 3.09. The molecule has 0 spiro atoms. The minimum Gasteiger partial charge on any atom is -0.497 e. The average molecular weight is 465 g/mol. The highest BCUT2D eigenvalue weighted by atomic mass is 16.5. The van der Waals surface area contributed by atoms with Gasteiger partial charge in [-0.1, -0.05) is 6.07 Å². The molecule has 178 valence electrons. The lowest BCUT2D eigenvalue weighted by Crippen LogP contribution is -2.34. The Morgan fingerprint density at radius 3 is 2.35 bits per heavy atom. The van der Waals surface area contributed by atoms with Gasteiger partial charge in [0.05, 0.1) is 26.6 Å². The summed E-state index contributed by atoms with van der Waals surface area (Å²) >= 11 is 0. The third-order valence-corrected chi connectivity index (χ3v) is 4.74. The number of ether oxygens (including phenoxy) is 3. The maximum atomic E-state index is 13.0. The molecule has 34 heavy (non-hydrogen) atoms. The van der Waals surface area contributed by atoms with E-state index in [1.807, 2.05) is 26.0 Å². The minimum absolute atomic E-state index is 0.0479. The number of benzene rings is 2. The highest BCUT2D eigenvalue weighted by Crippen LogP contribution is 2.28. The van der Waals surface area contributed by atoms with Crippen LogP contribution in [0.15, 0.2) is 71.0 Å². The Kier molecular flexibility index (Phi) is 8.73. The van der Waals surface area contributed by atoms with Crippen molar-refractivity contribution < 1.29 is 28.2 Å². The first kappa shape index (κ1) is 24.4. The summed E-state index contributed by atoms with van der Waals surface area (Å²) in [6, 6.07) is 15.4. The van der Waals surface area contributed by atoms with Gasteiger partial charge in [0.25, 0.3) is 11.8 Å². The maximum absolute atomic E-state index is 13.0. The van der Waals surface area contributed by atoms with Crippen molar-refractivity contribution in [3.63, 3.8) is 0 Å². The minimum atomic E-state index is -0.467. The van der Waals surface area contributed by atoms with E-state index in [9.17, 15) is 9.59 Å². The number of hydrogen-bond donors (Lipinski definition) is 2. The molecule has 3 rings (SSSR count). The first-order chi connectivity index (χ1) is 16.5. The first-order valence-electron chi connectivity index (χ1n) is 10.9. The number of furan rings is 1. The van der Waals surface area contributed by atoms with E-state index in [4.69, 9.17) is 18.6 Å². The summed E-state index contributed by atoms with van der Waals surface area (Å²) in [5.41, 5.74) is 1.25. The van der Waals surface area contributed by atoms with E-state index in [2.05, 4.69) is 10.6 Å². The molecule has 8 nitrogen and oxygen atoms in total. The summed E-state index contributed by atoms with van der Waals surface area (Å²) in [5.74, 6) is 1.41. The SMILES string of the molecule is CCOc1ccc(CNC(=O)/C(=C/c2ccco2)NC(=O)c2ccc(OC)cc2)cc1OCC. The predicted molar refractivity (Wildman–Crippen MR) is 128 cm³/mol. The Labute approximate surface area is 198 Å². The van der Waals surface area contributed by atoms with Crippen molar-refractivity contribution in [2.45, 2.75) is 20.4 Å². The summed E-state index contributed by atoms with van der Waals surface area (Å²) < 4.78 is 21.7. The van der Waals surface area contributed by atoms with Crippen LogP contribution in [0.25, 0.3) is 6.08 Å². The highest BCUT2D eigenvalue weighted by Gasteiger charge is 2.16. The molecule has 8 heteroatoms.